The van der Waals surface area contributed by atoms with Gasteiger partial charge in [0.2, 0.25) is 0 Å². The van der Waals surface area contributed by atoms with Gasteiger partial charge in [-0.15, -0.1) is 0 Å². The van der Waals surface area contributed by atoms with Crippen LogP contribution in [-0.4, -0.2) is 23.0 Å². The van der Waals surface area contributed by atoms with Crippen molar-refractivity contribution in [2.75, 3.05) is 0 Å². The van der Waals surface area contributed by atoms with Gasteiger partial charge in [-0.3, -0.25) is 0 Å². The van der Waals surface area contributed by atoms with Gasteiger partial charge in [0, 0.05) is 0 Å². The summed E-state index contributed by atoms with van der Waals surface area (Å²) >= 11 is -4.59. The molecule has 0 rings (SSSR count). The Morgan fingerprint density at radius 3 is 1.15 bits per heavy atom. The Balaban J connectivity index is 4.25. The molecule has 0 heterocycles. The minimum atomic E-state index is -4.59. The van der Waals surface area contributed by atoms with E-state index in [-0.39, 0.29) is 0 Å². The van der Waals surface area contributed by atoms with Gasteiger partial charge >= 0.3 is 89.3 Å². The molecule has 0 aliphatic rings. The molecule has 0 aromatic heterocycles. The molecule has 0 bridgehead atoms. The van der Waals surface area contributed by atoms with Crippen molar-refractivity contribution in [1.29, 1.82) is 0 Å². The summed E-state index contributed by atoms with van der Waals surface area (Å²) in [6.07, 6.45) is 0. The molecular weight excluding hydrogens is 283 g/mol. The van der Waals surface area contributed by atoms with Crippen LogP contribution in [0.1, 0.15) is 0 Å². The molecule has 2 N–H and O–H groups in total. The van der Waals surface area contributed by atoms with Crippen LogP contribution in [0.4, 0.5) is 0 Å². The Kier molecular flexibility index (Phi) is 4.73. The second-order valence-corrected chi connectivity index (χ2v) is 19.5. The zero-order chi connectivity index (χ0) is 10.9. The molecule has 0 atom stereocenters. The summed E-state index contributed by atoms with van der Waals surface area (Å²) in [7, 11) is -3.80. The monoisotopic (exact) mass is 302 g/mol. The van der Waals surface area contributed by atoms with Crippen LogP contribution in [0.15, 0.2) is 0 Å². The molecule has 0 spiro atoms. The second kappa shape index (κ2) is 4.34. The van der Waals surface area contributed by atoms with Gasteiger partial charge in [-0.1, -0.05) is 0 Å². The van der Waals surface area contributed by atoms with E-state index in [2.05, 4.69) is 0 Å². The molecule has 7 heteroatoms. The first kappa shape index (κ1) is 14.2. The van der Waals surface area contributed by atoms with Crippen LogP contribution in [-0.2, 0) is 27.0 Å². The summed E-state index contributed by atoms with van der Waals surface area (Å²) in [6.45, 7) is 11.5. The van der Waals surface area contributed by atoms with Gasteiger partial charge in [0.25, 0.3) is 0 Å². The standard InChI is InChI=1S/2C3H9OSi.2H2O.Zr/c2*1-5(2,3)4;;;/h2*1-3H3;2*1H2;/q2*-1;;;+4/p-2. The first-order chi connectivity index (χ1) is 5.41. The van der Waals surface area contributed by atoms with E-state index in [0.717, 1.165) is 0 Å². The van der Waals surface area contributed by atoms with E-state index in [1.807, 2.05) is 39.3 Å². The molecule has 0 radical (unpaired) electrons. The molecule has 80 valence electrons. The molecule has 0 aliphatic heterocycles. The molecule has 0 unspecified atom stereocenters. The average Bonchev–Trinajstić information content (AvgIpc) is 1.43. The first-order valence-electron chi connectivity index (χ1n) is 4.26. The van der Waals surface area contributed by atoms with Crippen molar-refractivity contribution in [2.45, 2.75) is 39.3 Å². The van der Waals surface area contributed by atoms with Crippen LogP contribution in [0.25, 0.3) is 0 Å². The zero-order valence-corrected chi connectivity index (χ0v) is 13.7. The molecule has 13 heavy (non-hydrogen) atoms. The third-order valence-electron chi connectivity index (χ3n) is 0.878. The predicted molar refractivity (Wildman–Crippen MR) is 53.3 cm³/mol. The van der Waals surface area contributed by atoms with Crippen molar-refractivity contribution in [3.63, 3.8) is 0 Å². The summed E-state index contributed by atoms with van der Waals surface area (Å²) in [4.78, 5) is 0. The Labute approximate surface area is 89.0 Å². The van der Waals surface area contributed by atoms with Crippen molar-refractivity contribution < 1.29 is 33.4 Å². The van der Waals surface area contributed by atoms with Crippen LogP contribution < -0.4 is 0 Å². The molecule has 0 saturated heterocycles. The van der Waals surface area contributed by atoms with Gasteiger partial charge in [-0.05, 0) is 0 Å². The van der Waals surface area contributed by atoms with Crippen LogP contribution in [0.3, 0.4) is 0 Å². The third kappa shape index (κ3) is 9.46. The Hall–Kier alpha value is 1.16. The number of rotatable bonds is 4. The van der Waals surface area contributed by atoms with Crippen LogP contribution >= 0.6 is 0 Å². The molecule has 0 amide bonds. The maximum absolute atomic E-state index is 9.58. The number of hydrogen-bond acceptors (Lipinski definition) is 4. The molecule has 4 nitrogen and oxygen atoms in total. The van der Waals surface area contributed by atoms with Crippen LogP contribution in [0, 0.1) is 0 Å². The van der Waals surface area contributed by atoms with Gasteiger partial charge < -0.3 is 0 Å². The van der Waals surface area contributed by atoms with Gasteiger partial charge in [0.15, 0.2) is 0 Å². The van der Waals surface area contributed by atoms with Gasteiger partial charge in [0.05, 0.1) is 0 Å². The fraction of sp³-hybridized carbons (Fsp3) is 1.00. The quantitative estimate of drug-likeness (QED) is 0.773. The first-order valence-corrected chi connectivity index (χ1v) is 15.3. The van der Waals surface area contributed by atoms with E-state index < -0.39 is 38.7 Å². The summed E-state index contributed by atoms with van der Waals surface area (Å²) in [6, 6.07) is 0. The second-order valence-electron chi connectivity index (χ2n) is 4.98. The molecule has 0 aromatic rings. The number of hydrogen-bond donors (Lipinski definition) is 2. The normalized spacial score (nSPS) is 14.8. The molecule has 0 fully saturated rings. The Morgan fingerprint density at radius 2 is 1.00 bits per heavy atom. The molecule has 0 aromatic carbocycles. The predicted octanol–water partition coefficient (Wildman–Crippen LogP) is 1.49. The molecule has 0 saturated carbocycles. The molecule has 0 aliphatic carbocycles. The Morgan fingerprint density at radius 1 is 0.769 bits per heavy atom. The Bertz CT molecular complexity index is 154. The molecular formula is C6H20O4Si2Zr. The summed E-state index contributed by atoms with van der Waals surface area (Å²) in [5.74, 6) is 0. The summed E-state index contributed by atoms with van der Waals surface area (Å²) < 4.78 is 29.7. The van der Waals surface area contributed by atoms with Crippen LogP contribution in [0.2, 0.25) is 39.3 Å². The van der Waals surface area contributed by atoms with E-state index in [0.29, 0.717) is 0 Å². The van der Waals surface area contributed by atoms with E-state index in [4.69, 9.17) is 5.00 Å². The van der Waals surface area contributed by atoms with Crippen molar-refractivity contribution in [1.82, 2.24) is 0 Å². The summed E-state index contributed by atoms with van der Waals surface area (Å²) in [5.41, 5.74) is 0. The zero-order valence-electron chi connectivity index (χ0n) is 9.21. The van der Waals surface area contributed by atoms with Gasteiger partial charge in [0.1, 0.15) is 0 Å². The maximum atomic E-state index is 9.58. The van der Waals surface area contributed by atoms with Crippen molar-refractivity contribution in [2.24, 2.45) is 0 Å². The van der Waals surface area contributed by atoms with E-state index >= 15 is 0 Å². The van der Waals surface area contributed by atoms with E-state index in [9.17, 15) is 6.37 Å². The summed E-state index contributed by atoms with van der Waals surface area (Å²) in [5, 5.41) is 0. The fourth-order valence-electron chi connectivity index (χ4n) is 0.819. The van der Waals surface area contributed by atoms with Crippen molar-refractivity contribution in [3.8, 4) is 0 Å². The van der Waals surface area contributed by atoms with Crippen molar-refractivity contribution >= 4 is 16.6 Å². The SMILES string of the molecule is C[Si](C)(C)[O][Zr]([OH])([OH])[O][Si](C)(C)C. The van der Waals surface area contributed by atoms with E-state index in [1.165, 1.54) is 0 Å². The third-order valence-corrected chi connectivity index (χ3v) is 15.6. The minimum absolute atomic E-state index is 1.90. The van der Waals surface area contributed by atoms with E-state index in [1.54, 1.807) is 0 Å². The van der Waals surface area contributed by atoms with Crippen LogP contribution in [0.5, 0.6) is 0 Å². The average molecular weight is 304 g/mol. The van der Waals surface area contributed by atoms with Gasteiger partial charge in [-0.25, -0.2) is 0 Å². The fourth-order valence-corrected chi connectivity index (χ4v) is 15.3. The van der Waals surface area contributed by atoms with Gasteiger partial charge in [-0.2, -0.15) is 0 Å². The van der Waals surface area contributed by atoms with Crippen molar-refractivity contribution in [3.05, 3.63) is 0 Å². The topological polar surface area (TPSA) is 58.9 Å².